The van der Waals surface area contributed by atoms with Crippen LogP contribution in [0.15, 0.2) is 24.3 Å². The number of ether oxygens (including phenoxy) is 1. The highest BCUT2D eigenvalue weighted by Crippen LogP contribution is 2.29. The van der Waals surface area contributed by atoms with Gasteiger partial charge in [0.25, 0.3) is 5.91 Å². The number of nitrogens with one attached hydrogen (secondary N) is 2. The molecule has 1 saturated heterocycles. The Kier molecular flexibility index (Phi) is 7.46. The van der Waals surface area contributed by atoms with Crippen molar-refractivity contribution < 1.29 is 9.53 Å². The molecule has 1 amide bonds. The van der Waals surface area contributed by atoms with Gasteiger partial charge in [0.1, 0.15) is 5.75 Å². The molecule has 1 unspecified atom stereocenters. The molecule has 1 heterocycles. The van der Waals surface area contributed by atoms with E-state index in [9.17, 15) is 4.79 Å². The van der Waals surface area contributed by atoms with E-state index in [1.807, 2.05) is 0 Å². The number of benzene rings is 1. The molecule has 0 aliphatic carbocycles. The lowest BCUT2D eigenvalue weighted by Crippen LogP contribution is -2.53. The van der Waals surface area contributed by atoms with Crippen LogP contribution < -0.4 is 15.4 Å². The maximum atomic E-state index is 11.9. The molecule has 1 aliphatic heterocycles. The molecule has 2 rings (SSSR count). The van der Waals surface area contributed by atoms with Gasteiger partial charge in [-0.1, -0.05) is 31.5 Å². The van der Waals surface area contributed by atoms with E-state index in [1.165, 1.54) is 12.8 Å². The van der Waals surface area contributed by atoms with Crippen LogP contribution in [0.4, 0.5) is 0 Å². The maximum absolute atomic E-state index is 11.9. The van der Waals surface area contributed by atoms with Crippen LogP contribution in [-0.2, 0) is 4.79 Å². The van der Waals surface area contributed by atoms with Crippen molar-refractivity contribution >= 4 is 29.9 Å². The zero-order chi connectivity index (χ0) is 15.3. The van der Waals surface area contributed by atoms with Crippen molar-refractivity contribution in [1.29, 1.82) is 0 Å². The Morgan fingerprint density at radius 3 is 2.95 bits per heavy atom. The molecule has 22 heavy (non-hydrogen) atoms. The highest BCUT2D eigenvalue weighted by atomic mass is 35.5. The Bertz CT molecular complexity index is 495. The van der Waals surface area contributed by atoms with E-state index < -0.39 is 0 Å². The van der Waals surface area contributed by atoms with Crippen LogP contribution in [0.2, 0.25) is 5.02 Å². The van der Waals surface area contributed by atoms with E-state index in [1.54, 1.807) is 24.3 Å². The smallest absolute Gasteiger partial charge is 0.257 e. The fourth-order valence-corrected chi connectivity index (χ4v) is 2.77. The quantitative estimate of drug-likeness (QED) is 0.861. The molecule has 0 aromatic heterocycles. The molecule has 1 aromatic rings. The number of hydrogen-bond donors (Lipinski definition) is 2. The first-order valence-electron chi connectivity index (χ1n) is 7.36. The zero-order valence-corrected chi connectivity index (χ0v) is 14.6. The summed E-state index contributed by atoms with van der Waals surface area (Å²) in [5.74, 6) is 0.493. The topological polar surface area (TPSA) is 50.4 Å². The van der Waals surface area contributed by atoms with Gasteiger partial charge in [-0.2, -0.15) is 0 Å². The van der Waals surface area contributed by atoms with Crippen LogP contribution in [0, 0.1) is 5.41 Å². The SMILES string of the molecule is CC1(C)CCCNC1CNC(=O)COc1cccc(Cl)c1.Cl. The van der Waals surface area contributed by atoms with E-state index in [0.717, 1.165) is 6.54 Å². The van der Waals surface area contributed by atoms with Gasteiger partial charge in [0.2, 0.25) is 0 Å². The maximum Gasteiger partial charge on any atom is 0.257 e. The molecule has 1 atom stereocenters. The minimum atomic E-state index is -0.113. The van der Waals surface area contributed by atoms with Crippen molar-refractivity contribution in [1.82, 2.24) is 10.6 Å². The zero-order valence-electron chi connectivity index (χ0n) is 13.0. The van der Waals surface area contributed by atoms with Gasteiger partial charge in [-0.15, -0.1) is 12.4 Å². The predicted molar refractivity (Wildman–Crippen MR) is 92.0 cm³/mol. The minimum Gasteiger partial charge on any atom is -0.484 e. The second kappa shape index (κ2) is 8.61. The van der Waals surface area contributed by atoms with Gasteiger partial charge in [0.05, 0.1) is 0 Å². The Hall–Kier alpha value is -0.970. The highest BCUT2D eigenvalue weighted by Gasteiger charge is 2.31. The van der Waals surface area contributed by atoms with Gasteiger partial charge in [0, 0.05) is 17.6 Å². The second-order valence-electron chi connectivity index (χ2n) is 6.15. The monoisotopic (exact) mass is 346 g/mol. The number of carbonyl (C=O) groups excluding carboxylic acids is 1. The van der Waals surface area contributed by atoms with Crippen LogP contribution in [0.3, 0.4) is 0 Å². The summed E-state index contributed by atoms with van der Waals surface area (Å²) < 4.78 is 5.42. The van der Waals surface area contributed by atoms with Gasteiger partial charge in [-0.05, 0) is 43.0 Å². The Morgan fingerprint density at radius 2 is 2.27 bits per heavy atom. The first kappa shape index (κ1) is 19.1. The van der Waals surface area contributed by atoms with Crippen LogP contribution in [0.1, 0.15) is 26.7 Å². The normalized spacial score (nSPS) is 19.9. The number of piperidine rings is 1. The first-order chi connectivity index (χ1) is 9.97. The van der Waals surface area contributed by atoms with Crippen LogP contribution in [0.25, 0.3) is 0 Å². The van der Waals surface area contributed by atoms with Crippen molar-refractivity contribution in [3.8, 4) is 5.75 Å². The standard InChI is InChI=1S/C16H23ClN2O2.ClH/c1-16(2)7-4-8-18-14(16)10-19-15(20)11-21-13-6-3-5-12(17)9-13;/h3,5-6,9,14,18H,4,7-8,10-11H2,1-2H3,(H,19,20);1H. The number of halogens is 2. The third-order valence-corrected chi connectivity index (χ3v) is 4.24. The number of hydrogen-bond acceptors (Lipinski definition) is 3. The molecule has 0 spiro atoms. The van der Waals surface area contributed by atoms with Crippen LogP contribution >= 0.6 is 24.0 Å². The molecule has 1 aliphatic rings. The highest BCUT2D eigenvalue weighted by molar-refractivity contribution is 6.30. The van der Waals surface area contributed by atoms with E-state index in [4.69, 9.17) is 16.3 Å². The number of rotatable bonds is 5. The first-order valence-corrected chi connectivity index (χ1v) is 7.74. The van der Waals surface area contributed by atoms with E-state index in [0.29, 0.717) is 23.4 Å². The minimum absolute atomic E-state index is 0. The summed E-state index contributed by atoms with van der Waals surface area (Å²) >= 11 is 5.87. The van der Waals surface area contributed by atoms with Gasteiger partial charge in [0.15, 0.2) is 6.61 Å². The molecular weight excluding hydrogens is 323 g/mol. The van der Waals surface area contributed by atoms with E-state index in [-0.39, 0.29) is 30.3 Å². The lowest BCUT2D eigenvalue weighted by Gasteiger charge is -2.39. The lowest BCUT2D eigenvalue weighted by molar-refractivity contribution is -0.123. The molecule has 0 bridgehead atoms. The Balaban J connectivity index is 0.00000242. The summed E-state index contributed by atoms with van der Waals surface area (Å²) in [7, 11) is 0. The third kappa shape index (κ3) is 5.67. The summed E-state index contributed by atoms with van der Waals surface area (Å²) in [6, 6.07) is 7.35. The lowest BCUT2D eigenvalue weighted by atomic mass is 9.77. The second-order valence-corrected chi connectivity index (χ2v) is 6.59. The van der Waals surface area contributed by atoms with Gasteiger partial charge in [-0.3, -0.25) is 4.79 Å². The summed E-state index contributed by atoms with van der Waals surface area (Å²) in [6.07, 6.45) is 2.37. The van der Waals surface area contributed by atoms with Crippen molar-refractivity contribution in [3.63, 3.8) is 0 Å². The van der Waals surface area contributed by atoms with Crippen molar-refractivity contribution in [2.24, 2.45) is 5.41 Å². The molecule has 0 radical (unpaired) electrons. The molecule has 2 N–H and O–H groups in total. The van der Waals surface area contributed by atoms with Gasteiger partial charge in [-0.25, -0.2) is 0 Å². The summed E-state index contributed by atoms with van der Waals surface area (Å²) in [5.41, 5.74) is 0.208. The molecule has 1 fully saturated rings. The average Bonchev–Trinajstić information content (AvgIpc) is 2.43. The van der Waals surface area contributed by atoms with Crippen molar-refractivity contribution in [3.05, 3.63) is 29.3 Å². The van der Waals surface area contributed by atoms with E-state index in [2.05, 4.69) is 24.5 Å². The van der Waals surface area contributed by atoms with E-state index >= 15 is 0 Å². The van der Waals surface area contributed by atoms with Crippen molar-refractivity contribution in [2.45, 2.75) is 32.7 Å². The third-order valence-electron chi connectivity index (χ3n) is 4.00. The molecule has 6 heteroatoms. The summed E-state index contributed by atoms with van der Waals surface area (Å²) in [5, 5.41) is 7.00. The van der Waals surface area contributed by atoms with Crippen molar-refractivity contribution in [2.75, 3.05) is 19.7 Å². The largest absolute Gasteiger partial charge is 0.484 e. The Labute approximate surface area is 143 Å². The molecule has 124 valence electrons. The fraction of sp³-hybridized carbons (Fsp3) is 0.562. The summed E-state index contributed by atoms with van der Waals surface area (Å²) in [4.78, 5) is 11.9. The number of amides is 1. The van der Waals surface area contributed by atoms with Crippen LogP contribution in [-0.4, -0.2) is 31.6 Å². The predicted octanol–water partition coefficient (Wildman–Crippen LogP) is 3.04. The molecular formula is C16H24Cl2N2O2. The van der Waals surface area contributed by atoms with Gasteiger partial charge >= 0.3 is 0 Å². The van der Waals surface area contributed by atoms with Gasteiger partial charge < -0.3 is 15.4 Å². The average molecular weight is 347 g/mol. The summed E-state index contributed by atoms with van der Waals surface area (Å²) in [6.45, 7) is 6.12. The number of carbonyl (C=O) groups is 1. The molecule has 1 aromatic carbocycles. The fourth-order valence-electron chi connectivity index (χ4n) is 2.59. The van der Waals surface area contributed by atoms with Crippen LogP contribution in [0.5, 0.6) is 5.75 Å². The molecule has 4 nitrogen and oxygen atoms in total. The Morgan fingerprint density at radius 1 is 1.50 bits per heavy atom. The molecule has 0 saturated carbocycles.